The van der Waals surface area contributed by atoms with Crippen LogP contribution < -0.4 is 5.43 Å². The van der Waals surface area contributed by atoms with Crippen molar-refractivity contribution in [3.05, 3.63) is 29.7 Å². The van der Waals surface area contributed by atoms with E-state index in [1.54, 1.807) is 16.4 Å². The van der Waals surface area contributed by atoms with Gasteiger partial charge in [0.25, 0.3) is 0 Å². The third-order valence-corrected chi connectivity index (χ3v) is 2.65. The minimum Gasteiger partial charge on any atom is -0.329 e. The minimum atomic E-state index is 0.628. The summed E-state index contributed by atoms with van der Waals surface area (Å²) < 4.78 is 3.44. The first-order chi connectivity index (χ1) is 7.67. The second-order valence-electron chi connectivity index (χ2n) is 3.64. The Kier molecular flexibility index (Phi) is 2.52. The van der Waals surface area contributed by atoms with Gasteiger partial charge in [-0.1, -0.05) is 0 Å². The number of hydrogen-bond donors (Lipinski definition) is 1. The average Bonchev–Trinajstić information content (AvgIpc) is 2.82. The SMILES string of the molecule is CNn1cc(-c2ccn(C)n2)c(C)c1C=O. The van der Waals surface area contributed by atoms with Crippen molar-refractivity contribution in [3.8, 4) is 11.3 Å². The van der Waals surface area contributed by atoms with Crippen LogP contribution in [0.25, 0.3) is 11.3 Å². The lowest BCUT2D eigenvalue weighted by Gasteiger charge is -2.01. The van der Waals surface area contributed by atoms with E-state index in [-0.39, 0.29) is 0 Å². The third kappa shape index (κ3) is 1.50. The van der Waals surface area contributed by atoms with Gasteiger partial charge in [-0.2, -0.15) is 5.10 Å². The largest absolute Gasteiger partial charge is 0.329 e. The molecule has 0 bridgehead atoms. The summed E-state index contributed by atoms with van der Waals surface area (Å²) in [5.74, 6) is 0. The average molecular weight is 218 g/mol. The Bertz CT molecular complexity index is 524. The van der Waals surface area contributed by atoms with Crippen molar-refractivity contribution in [2.24, 2.45) is 7.05 Å². The van der Waals surface area contributed by atoms with Crippen LogP contribution in [0, 0.1) is 6.92 Å². The molecule has 84 valence electrons. The fourth-order valence-corrected chi connectivity index (χ4v) is 1.76. The Morgan fingerprint density at radius 2 is 2.25 bits per heavy atom. The molecule has 2 aromatic rings. The van der Waals surface area contributed by atoms with E-state index in [1.165, 1.54) is 0 Å². The molecule has 2 rings (SSSR count). The van der Waals surface area contributed by atoms with Crippen LogP contribution in [0.15, 0.2) is 18.5 Å². The monoisotopic (exact) mass is 218 g/mol. The van der Waals surface area contributed by atoms with Crippen LogP contribution in [0.3, 0.4) is 0 Å². The number of carbonyl (C=O) groups is 1. The molecular formula is C11H14N4O. The molecule has 0 saturated carbocycles. The molecule has 0 fully saturated rings. The van der Waals surface area contributed by atoms with Crippen LogP contribution in [0.5, 0.6) is 0 Å². The molecule has 0 aliphatic carbocycles. The maximum absolute atomic E-state index is 11.0. The molecule has 0 unspecified atom stereocenters. The zero-order chi connectivity index (χ0) is 11.7. The van der Waals surface area contributed by atoms with Gasteiger partial charge in [-0.3, -0.25) is 14.2 Å². The fraction of sp³-hybridized carbons (Fsp3) is 0.273. The van der Waals surface area contributed by atoms with Gasteiger partial charge in [-0.25, -0.2) is 0 Å². The summed E-state index contributed by atoms with van der Waals surface area (Å²) in [6.07, 6.45) is 4.60. The Hall–Kier alpha value is -2.04. The molecule has 2 aromatic heterocycles. The first-order valence-corrected chi connectivity index (χ1v) is 5.02. The van der Waals surface area contributed by atoms with E-state index < -0.39 is 0 Å². The quantitative estimate of drug-likeness (QED) is 0.787. The smallest absolute Gasteiger partial charge is 0.168 e. The highest BCUT2D eigenvalue weighted by Gasteiger charge is 2.14. The Balaban J connectivity index is 2.57. The molecule has 2 heterocycles. The first-order valence-electron chi connectivity index (χ1n) is 5.02. The third-order valence-electron chi connectivity index (χ3n) is 2.65. The van der Waals surface area contributed by atoms with Crippen LogP contribution in [-0.4, -0.2) is 27.8 Å². The molecule has 0 atom stereocenters. The number of nitrogens with one attached hydrogen (secondary N) is 1. The van der Waals surface area contributed by atoms with Crippen molar-refractivity contribution in [3.63, 3.8) is 0 Å². The summed E-state index contributed by atoms with van der Waals surface area (Å²) in [6, 6.07) is 1.93. The molecule has 0 aliphatic rings. The van der Waals surface area contributed by atoms with Crippen molar-refractivity contribution in [2.45, 2.75) is 6.92 Å². The molecule has 0 amide bonds. The summed E-state index contributed by atoms with van der Waals surface area (Å²) >= 11 is 0. The van der Waals surface area contributed by atoms with Crippen molar-refractivity contribution in [2.75, 3.05) is 12.5 Å². The molecule has 0 aliphatic heterocycles. The van der Waals surface area contributed by atoms with E-state index in [4.69, 9.17) is 0 Å². The number of aromatic nitrogens is 3. The lowest BCUT2D eigenvalue weighted by molar-refractivity contribution is 0.111. The van der Waals surface area contributed by atoms with E-state index in [0.29, 0.717) is 5.69 Å². The predicted octanol–water partition coefficient (Wildman–Crippen LogP) is 1.18. The molecule has 0 aromatic carbocycles. The van der Waals surface area contributed by atoms with Crippen molar-refractivity contribution < 1.29 is 4.79 Å². The lowest BCUT2D eigenvalue weighted by Crippen LogP contribution is -2.10. The molecule has 0 saturated heterocycles. The summed E-state index contributed by atoms with van der Waals surface area (Å²) in [4.78, 5) is 11.0. The Morgan fingerprint density at radius 3 is 2.69 bits per heavy atom. The van der Waals surface area contributed by atoms with E-state index in [1.807, 2.05) is 32.4 Å². The highest BCUT2D eigenvalue weighted by molar-refractivity contribution is 5.81. The summed E-state index contributed by atoms with van der Waals surface area (Å²) in [5, 5.41) is 4.32. The maximum Gasteiger partial charge on any atom is 0.168 e. The van der Waals surface area contributed by atoms with Gasteiger partial charge in [0.05, 0.1) is 5.69 Å². The van der Waals surface area contributed by atoms with E-state index in [2.05, 4.69) is 10.5 Å². The van der Waals surface area contributed by atoms with Gasteiger partial charge in [-0.05, 0) is 18.6 Å². The highest BCUT2D eigenvalue weighted by atomic mass is 16.1. The van der Waals surface area contributed by atoms with Gasteiger partial charge >= 0.3 is 0 Å². The van der Waals surface area contributed by atoms with Crippen LogP contribution in [0.2, 0.25) is 0 Å². The van der Waals surface area contributed by atoms with Crippen LogP contribution in [0.1, 0.15) is 16.1 Å². The number of hydrogen-bond acceptors (Lipinski definition) is 3. The lowest BCUT2D eigenvalue weighted by atomic mass is 10.1. The second kappa shape index (κ2) is 3.84. The van der Waals surface area contributed by atoms with Crippen LogP contribution in [-0.2, 0) is 7.05 Å². The summed E-state index contributed by atoms with van der Waals surface area (Å²) in [6.45, 7) is 1.92. The van der Waals surface area contributed by atoms with Crippen molar-refractivity contribution in [1.29, 1.82) is 0 Å². The summed E-state index contributed by atoms with van der Waals surface area (Å²) in [5.41, 5.74) is 6.34. The normalized spacial score (nSPS) is 10.4. The maximum atomic E-state index is 11.0. The first kappa shape index (κ1) is 10.5. The fourth-order valence-electron chi connectivity index (χ4n) is 1.76. The summed E-state index contributed by atoms with van der Waals surface area (Å²) in [7, 11) is 3.64. The van der Waals surface area contributed by atoms with Gasteiger partial charge in [0.2, 0.25) is 0 Å². The number of carbonyl (C=O) groups excluding carboxylic acids is 1. The van der Waals surface area contributed by atoms with Crippen LogP contribution in [0.4, 0.5) is 0 Å². The Labute approximate surface area is 93.7 Å². The molecule has 5 nitrogen and oxygen atoms in total. The molecule has 0 spiro atoms. The number of aldehydes is 1. The predicted molar refractivity (Wildman–Crippen MR) is 62.0 cm³/mol. The highest BCUT2D eigenvalue weighted by Crippen LogP contribution is 2.24. The van der Waals surface area contributed by atoms with Gasteiger partial charge < -0.3 is 5.43 Å². The van der Waals surface area contributed by atoms with E-state index >= 15 is 0 Å². The number of rotatable bonds is 3. The van der Waals surface area contributed by atoms with Gasteiger partial charge in [-0.15, -0.1) is 0 Å². The Morgan fingerprint density at radius 1 is 1.50 bits per heavy atom. The van der Waals surface area contributed by atoms with E-state index in [0.717, 1.165) is 23.1 Å². The van der Waals surface area contributed by atoms with E-state index in [9.17, 15) is 4.79 Å². The van der Waals surface area contributed by atoms with Crippen molar-refractivity contribution in [1.82, 2.24) is 14.5 Å². The molecule has 0 radical (unpaired) electrons. The molecule has 16 heavy (non-hydrogen) atoms. The van der Waals surface area contributed by atoms with Gasteiger partial charge in [0, 0.05) is 32.1 Å². The zero-order valence-electron chi connectivity index (χ0n) is 9.56. The van der Waals surface area contributed by atoms with Crippen molar-refractivity contribution >= 4 is 6.29 Å². The molecule has 1 N–H and O–H groups in total. The second-order valence-corrected chi connectivity index (χ2v) is 3.64. The number of aryl methyl sites for hydroxylation is 1. The molecular weight excluding hydrogens is 204 g/mol. The van der Waals surface area contributed by atoms with Crippen LogP contribution >= 0.6 is 0 Å². The van der Waals surface area contributed by atoms with Gasteiger partial charge in [0.15, 0.2) is 6.29 Å². The number of nitrogens with zero attached hydrogens (tertiary/aromatic N) is 3. The zero-order valence-corrected chi connectivity index (χ0v) is 9.56. The minimum absolute atomic E-state index is 0.628. The standard InChI is InChI=1S/C11H14N4O/c1-8-9(10-4-5-14(3)13-10)6-15(12-2)11(8)7-16/h4-7,12H,1-3H3. The topological polar surface area (TPSA) is 51.9 Å². The van der Waals surface area contributed by atoms with Gasteiger partial charge in [0.1, 0.15) is 5.69 Å². The molecule has 5 heteroatoms.